The number of nitrogens with zero attached hydrogens (tertiary/aromatic N) is 2. The first-order valence-electron chi connectivity index (χ1n) is 4.70. The van der Waals surface area contributed by atoms with Crippen molar-refractivity contribution in [2.75, 3.05) is 11.9 Å². The molecule has 0 aliphatic carbocycles. The van der Waals surface area contributed by atoms with Crippen LogP contribution >= 0.6 is 0 Å². The number of rotatable bonds is 4. The standard InChI is InChI=1S/C10H17N3/c1-8(2)9(3)6-13-10-7-11-4-5-12-10/h4-5,7-9H,6H2,1-3H3,(H,12,13). The molecule has 1 unspecified atom stereocenters. The van der Waals surface area contributed by atoms with Crippen molar-refractivity contribution in [2.24, 2.45) is 11.8 Å². The molecule has 0 saturated carbocycles. The molecular weight excluding hydrogens is 162 g/mol. The molecule has 1 heterocycles. The molecule has 0 aromatic carbocycles. The van der Waals surface area contributed by atoms with Crippen molar-refractivity contribution >= 4 is 5.82 Å². The first kappa shape index (κ1) is 9.96. The van der Waals surface area contributed by atoms with E-state index in [4.69, 9.17) is 0 Å². The van der Waals surface area contributed by atoms with E-state index in [9.17, 15) is 0 Å². The van der Waals surface area contributed by atoms with Crippen molar-refractivity contribution in [3.8, 4) is 0 Å². The molecule has 1 aromatic heterocycles. The number of nitrogens with one attached hydrogen (secondary N) is 1. The van der Waals surface area contributed by atoms with Crippen LogP contribution in [0.1, 0.15) is 20.8 Å². The summed E-state index contributed by atoms with van der Waals surface area (Å²) in [6.07, 6.45) is 5.12. The molecule has 0 aliphatic heterocycles. The summed E-state index contributed by atoms with van der Waals surface area (Å²) in [6, 6.07) is 0. The molecule has 3 heteroatoms. The van der Waals surface area contributed by atoms with Crippen LogP contribution in [0.5, 0.6) is 0 Å². The van der Waals surface area contributed by atoms with Crippen molar-refractivity contribution in [1.82, 2.24) is 9.97 Å². The van der Waals surface area contributed by atoms with Gasteiger partial charge in [-0.3, -0.25) is 4.98 Å². The summed E-state index contributed by atoms with van der Waals surface area (Å²) in [6.45, 7) is 7.64. The molecule has 0 radical (unpaired) electrons. The number of hydrogen-bond donors (Lipinski definition) is 1. The molecule has 3 nitrogen and oxygen atoms in total. The zero-order valence-corrected chi connectivity index (χ0v) is 8.49. The van der Waals surface area contributed by atoms with Crippen LogP contribution in [0.4, 0.5) is 5.82 Å². The molecule has 0 spiro atoms. The van der Waals surface area contributed by atoms with Crippen molar-refractivity contribution in [3.63, 3.8) is 0 Å². The van der Waals surface area contributed by atoms with Gasteiger partial charge in [0.25, 0.3) is 0 Å². The Balaban J connectivity index is 2.35. The number of anilines is 1. The Morgan fingerprint density at radius 1 is 1.31 bits per heavy atom. The lowest BCUT2D eigenvalue weighted by Crippen LogP contribution is -2.16. The van der Waals surface area contributed by atoms with Crippen LogP contribution < -0.4 is 5.32 Å². The maximum atomic E-state index is 4.14. The van der Waals surface area contributed by atoms with Gasteiger partial charge in [0.05, 0.1) is 6.20 Å². The van der Waals surface area contributed by atoms with Gasteiger partial charge in [-0.15, -0.1) is 0 Å². The topological polar surface area (TPSA) is 37.8 Å². The first-order chi connectivity index (χ1) is 6.20. The lowest BCUT2D eigenvalue weighted by atomic mass is 9.98. The van der Waals surface area contributed by atoms with Gasteiger partial charge in [-0.2, -0.15) is 0 Å². The largest absolute Gasteiger partial charge is 0.369 e. The van der Waals surface area contributed by atoms with Crippen LogP contribution in [-0.4, -0.2) is 16.5 Å². The molecule has 1 N–H and O–H groups in total. The molecule has 0 amide bonds. The Labute approximate surface area is 79.6 Å². The minimum absolute atomic E-state index is 0.655. The summed E-state index contributed by atoms with van der Waals surface area (Å²) in [7, 11) is 0. The monoisotopic (exact) mass is 179 g/mol. The minimum Gasteiger partial charge on any atom is -0.369 e. The highest BCUT2D eigenvalue weighted by atomic mass is 15.0. The normalized spacial score (nSPS) is 12.9. The van der Waals surface area contributed by atoms with Gasteiger partial charge >= 0.3 is 0 Å². The van der Waals surface area contributed by atoms with Gasteiger partial charge in [0.15, 0.2) is 0 Å². The fraction of sp³-hybridized carbons (Fsp3) is 0.600. The average Bonchev–Trinajstić information content (AvgIpc) is 2.15. The Hall–Kier alpha value is -1.12. The molecule has 0 bridgehead atoms. The van der Waals surface area contributed by atoms with E-state index in [-0.39, 0.29) is 0 Å². The van der Waals surface area contributed by atoms with E-state index in [1.54, 1.807) is 18.6 Å². The second-order valence-corrected chi connectivity index (χ2v) is 3.69. The summed E-state index contributed by atoms with van der Waals surface area (Å²) >= 11 is 0. The Kier molecular flexibility index (Phi) is 3.68. The van der Waals surface area contributed by atoms with Crippen LogP contribution in [0.3, 0.4) is 0 Å². The second-order valence-electron chi connectivity index (χ2n) is 3.69. The Bertz CT molecular complexity index is 233. The summed E-state index contributed by atoms with van der Waals surface area (Å²) in [5, 5.41) is 3.25. The van der Waals surface area contributed by atoms with Crippen molar-refractivity contribution in [3.05, 3.63) is 18.6 Å². The summed E-state index contributed by atoms with van der Waals surface area (Å²) < 4.78 is 0. The quantitative estimate of drug-likeness (QED) is 0.769. The van der Waals surface area contributed by atoms with Crippen molar-refractivity contribution < 1.29 is 0 Å². The summed E-state index contributed by atoms with van der Waals surface area (Å²) in [4.78, 5) is 8.12. The minimum atomic E-state index is 0.655. The van der Waals surface area contributed by atoms with E-state index in [2.05, 4.69) is 36.1 Å². The second kappa shape index (κ2) is 4.80. The smallest absolute Gasteiger partial charge is 0.144 e. The van der Waals surface area contributed by atoms with Gasteiger partial charge < -0.3 is 5.32 Å². The third kappa shape index (κ3) is 3.40. The van der Waals surface area contributed by atoms with Gasteiger partial charge in [0, 0.05) is 18.9 Å². The van der Waals surface area contributed by atoms with E-state index in [0.29, 0.717) is 11.8 Å². The highest BCUT2D eigenvalue weighted by molar-refractivity contribution is 5.29. The fourth-order valence-electron chi connectivity index (χ4n) is 0.892. The van der Waals surface area contributed by atoms with Crippen LogP contribution in [0.25, 0.3) is 0 Å². The van der Waals surface area contributed by atoms with E-state index in [1.807, 2.05) is 0 Å². The zero-order valence-electron chi connectivity index (χ0n) is 8.49. The third-order valence-corrected chi connectivity index (χ3v) is 2.31. The highest BCUT2D eigenvalue weighted by Crippen LogP contribution is 2.10. The van der Waals surface area contributed by atoms with Gasteiger partial charge in [-0.05, 0) is 11.8 Å². The molecule has 72 valence electrons. The van der Waals surface area contributed by atoms with Crippen LogP contribution in [-0.2, 0) is 0 Å². The lowest BCUT2D eigenvalue weighted by molar-refractivity contribution is 0.439. The van der Waals surface area contributed by atoms with Gasteiger partial charge in [-0.1, -0.05) is 20.8 Å². The van der Waals surface area contributed by atoms with Crippen molar-refractivity contribution in [2.45, 2.75) is 20.8 Å². The first-order valence-corrected chi connectivity index (χ1v) is 4.70. The molecule has 1 atom stereocenters. The van der Waals surface area contributed by atoms with Crippen LogP contribution in [0.2, 0.25) is 0 Å². The fourth-order valence-corrected chi connectivity index (χ4v) is 0.892. The van der Waals surface area contributed by atoms with Crippen LogP contribution in [0.15, 0.2) is 18.6 Å². The SMILES string of the molecule is CC(C)C(C)CNc1cnccn1. The summed E-state index contributed by atoms with van der Waals surface area (Å²) in [5.74, 6) is 2.21. The zero-order chi connectivity index (χ0) is 9.68. The van der Waals surface area contributed by atoms with E-state index in [0.717, 1.165) is 12.4 Å². The van der Waals surface area contributed by atoms with E-state index >= 15 is 0 Å². The average molecular weight is 179 g/mol. The predicted molar refractivity (Wildman–Crippen MR) is 54.5 cm³/mol. The Morgan fingerprint density at radius 2 is 2.08 bits per heavy atom. The molecule has 0 aliphatic rings. The van der Waals surface area contributed by atoms with E-state index in [1.165, 1.54) is 0 Å². The maximum absolute atomic E-state index is 4.14. The third-order valence-electron chi connectivity index (χ3n) is 2.31. The molecule has 13 heavy (non-hydrogen) atoms. The van der Waals surface area contributed by atoms with Gasteiger partial charge in [-0.25, -0.2) is 4.98 Å². The van der Waals surface area contributed by atoms with Gasteiger partial charge in [0.2, 0.25) is 0 Å². The van der Waals surface area contributed by atoms with Crippen LogP contribution in [0, 0.1) is 11.8 Å². The predicted octanol–water partition coefficient (Wildman–Crippen LogP) is 2.18. The number of aromatic nitrogens is 2. The molecule has 0 fully saturated rings. The van der Waals surface area contributed by atoms with Gasteiger partial charge in [0.1, 0.15) is 5.82 Å². The molecule has 1 aromatic rings. The molecular formula is C10H17N3. The summed E-state index contributed by atoms with van der Waals surface area (Å²) in [5.41, 5.74) is 0. The number of hydrogen-bond acceptors (Lipinski definition) is 3. The Morgan fingerprint density at radius 3 is 2.62 bits per heavy atom. The van der Waals surface area contributed by atoms with Crippen molar-refractivity contribution in [1.29, 1.82) is 0 Å². The molecule has 0 saturated heterocycles. The lowest BCUT2D eigenvalue weighted by Gasteiger charge is -2.15. The maximum Gasteiger partial charge on any atom is 0.144 e. The van der Waals surface area contributed by atoms with E-state index < -0.39 is 0 Å². The molecule has 1 rings (SSSR count). The highest BCUT2D eigenvalue weighted by Gasteiger charge is 2.06.